The molecule has 3 atom stereocenters. The average Bonchev–Trinajstić information content (AvgIpc) is 3.27. The lowest BCUT2D eigenvalue weighted by Crippen LogP contribution is -3.15. The van der Waals surface area contributed by atoms with Gasteiger partial charge in [-0.3, -0.25) is 9.59 Å². The lowest BCUT2D eigenvalue weighted by Gasteiger charge is -2.30. The Labute approximate surface area is 171 Å². The number of carbonyl (C=O) groups is 3. The first kappa shape index (κ1) is 19.9. The minimum absolute atomic E-state index is 0.164. The standard InChI is InChI=1S/C22H29N3O4/c1-3-29-19(26)17-8-5-11-24(13-17)14-25-20(27)22(2,23-21(25)28)18-10-9-15-6-4-7-16(15)12-18/h9-10,12,17H,3-8,11,13-14H2,1-2H3,(H,23,28)/p+1/t17-,22+/m0/s1. The summed E-state index contributed by atoms with van der Waals surface area (Å²) in [5, 5.41) is 2.91. The van der Waals surface area contributed by atoms with Crippen molar-refractivity contribution in [3.63, 3.8) is 0 Å². The van der Waals surface area contributed by atoms with Crippen LogP contribution in [-0.4, -0.2) is 49.2 Å². The first-order valence-electron chi connectivity index (χ1n) is 10.7. The zero-order valence-corrected chi connectivity index (χ0v) is 17.3. The van der Waals surface area contributed by atoms with Crippen LogP contribution in [0.2, 0.25) is 0 Å². The van der Waals surface area contributed by atoms with Gasteiger partial charge in [-0.15, -0.1) is 0 Å². The van der Waals surface area contributed by atoms with E-state index in [-0.39, 0.29) is 30.5 Å². The molecule has 2 aliphatic heterocycles. The van der Waals surface area contributed by atoms with Gasteiger partial charge in [0.1, 0.15) is 11.5 Å². The molecule has 0 radical (unpaired) electrons. The molecule has 2 heterocycles. The van der Waals surface area contributed by atoms with E-state index in [2.05, 4.69) is 17.4 Å². The highest BCUT2D eigenvalue weighted by molar-refractivity contribution is 6.07. The van der Waals surface area contributed by atoms with Crippen LogP contribution in [0.3, 0.4) is 0 Å². The lowest BCUT2D eigenvalue weighted by atomic mass is 9.90. The number of imide groups is 1. The van der Waals surface area contributed by atoms with Gasteiger partial charge in [0, 0.05) is 0 Å². The van der Waals surface area contributed by atoms with E-state index in [0.717, 1.165) is 49.1 Å². The number of nitrogens with one attached hydrogen (secondary N) is 2. The molecule has 0 bridgehead atoms. The molecular formula is C22H30N3O4+. The lowest BCUT2D eigenvalue weighted by molar-refractivity contribution is -0.914. The number of carbonyl (C=O) groups excluding carboxylic acids is 3. The number of amides is 3. The maximum Gasteiger partial charge on any atom is 0.329 e. The molecule has 3 aliphatic rings. The number of fused-ring (bicyclic) bond motifs is 1. The Kier molecular flexibility index (Phi) is 5.34. The number of nitrogens with zero attached hydrogens (tertiary/aromatic N) is 1. The van der Waals surface area contributed by atoms with Gasteiger partial charge in [-0.05, 0) is 62.6 Å². The molecule has 0 saturated carbocycles. The Hall–Kier alpha value is -2.41. The van der Waals surface area contributed by atoms with Crippen molar-refractivity contribution in [2.24, 2.45) is 5.92 Å². The van der Waals surface area contributed by atoms with Crippen LogP contribution in [0.15, 0.2) is 18.2 Å². The molecule has 0 aromatic heterocycles. The normalized spacial score (nSPS) is 29.0. The van der Waals surface area contributed by atoms with Gasteiger partial charge in [-0.25, -0.2) is 9.69 Å². The molecule has 156 valence electrons. The largest absolute Gasteiger partial charge is 0.466 e. The van der Waals surface area contributed by atoms with Gasteiger partial charge in [0.05, 0.1) is 19.7 Å². The first-order chi connectivity index (χ1) is 13.9. The fourth-order valence-electron chi connectivity index (χ4n) is 4.90. The highest BCUT2D eigenvalue weighted by Crippen LogP contribution is 2.32. The predicted octanol–water partition coefficient (Wildman–Crippen LogP) is 0.758. The summed E-state index contributed by atoms with van der Waals surface area (Å²) in [6.07, 6.45) is 4.93. The fourth-order valence-corrected chi connectivity index (χ4v) is 4.90. The van der Waals surface area contributed by atoms with Crippen LogP contribution >= 0.6 is 0 Å². The van der Waals surface area contributed by atoms with Crippen LogP contribution in [0.5, 0.6) is 0 Å². The molecule has 1 unspecified atom stereocenters. The highest BCUT2D eigenvalue weighted by atomic mass is 16.5. The Balaban J connectivity index is 1.47. The zero-order valence-electron chi connectivity index (χ0n) is 17.3. The van der Waals surface area contributed by atoms with Crippen molar-refractivity contribution in [2.45, 2.75) is 51.5 Å². The summed E-state index contributed by atoms with van der Waals surface area (Å²) in [4.78, 5) is 40.4. The summed E-state index contributed by atoms with van der Waals surface area (Å²) in [6.45, 7) is 5.67. The van der Waals surface area contributed by atoms with Gasteiger partial charge in [-0.1, -0.05) is 18.2 Å². The minimum atomic E-state index is -1.04. The smallest absolute Gasteiger partial charge is 0.329 e. The van der Waals surface area contributed by atoms with Gasteiger partial charge < -0.3 is 15.0 Å². The molecule has 1 aliphatic carbocycles. The second-order valence-electron chi connectivity index (χ2n) is 8.58. The van der Waals surface area contributed by atoms with Crippen LogP contribution in [-0.2, 0) is 32.7 Å². The third-order valence-corrected chi connectivity index (χ3v) is 6.57. The first-order valence-corrected chi connectivity index (χ1v) is 10.7. The quantitative estimate of drug-likeness (QED) is 0.565. The molecule has 1 aromatic rings. The summed E-state index contributed by atoms with van der Waals surface area (Å²) >= 11 is 0. The molecule has 3 amide bonds. The topological polar surface area (TPSA) is 80.2 Å². The van der Waals surface area contributed by atoms with E-state index in [1.54, 1.807) is 13.8 Å². The number of quaternary nitrogens is 1. The van der Waals surface area contributed by atoms with Gasteiger partial charge in [-0.2, -0.15) is 0 Å². The molecule has 2 N–H and O–H groups in total. The summed E-state index contributed by atoms with van der Waals surface area (Å²) < 4.78 is 5.16. The summed E-state index contributed by atoms with van der Waals surface area (Å²) in [6, 6.07) is 5.78. The molecule has 29 heavy (non-hydrogen) atoms. The molecule has 4 rings (SSSR count). The summed E-state index contributed by atoms with van der Waals surface area (Å²) in [7, 11) is 0. The van der Waals surface area contributed by atoms with Gasteiger partial charge >= 0.3 is 12.0 Å². The van der Waals surface area contributed by atoms with Crippen molar-refractivity contribution in [3.8, 4) is 0 Å². The van der Waals surface area contributed by atoms with Crippen LogP contribution < -0.4 is 10.2 Å². The predicted molar refractivity (Wildman–Crippen MR) is 106 cm³/mol. The summed E-state index contributed by atoms with van der Waals surface area (Å²) in [5.41, 5.74) is 2.43. The zero-order chi connectivity index (χ0) is 20.6. The number of hydrogen-bond acceptors (Lipinski definition) is 4. The van der Waals surface area contributed by atoms with E-state index in [0.29, 0.717) is 13.2 Å². The Morgan fingerprint density at radius 1 is 1.28 bits per heavy atom. The van der Waals surface area contributed by atoms with Gasteiger partial charge in [0.25, 0.3) is 5.91 Å². The van der Waals surface area contributed by atoms with Crippen molar-refractivity contribution in [2.75, 3.05) is 26.4 Å². The molecule has 7 heteroatoms. The van der Waals surface area contributed by atoms with Crippen LogP contribution in [0.4, 0.5) is 4.79 Å². The molecule has 2 saturated heterocycles. The summed E-state index contributed by atoms with van der Waals surface area (Å²) in [5.74, 6) is -0.557. The maximum absolute atomic E-state index is 13.3. The number of rotatable bonds is 5. The molecule has 1 aromatic carbocycles. The Morgan fingerprint density at radius 2 is 2.07 bits per heavy atom. The number of ether oxygens (including phenoxy) is 1. The van der Waals surface area contributed by atoms with Crippen LogP contribution in [0, 0.1) is 5.92 Å². The monoisotopic (exact) mass is 400 g/mol. The SMILES string of the molecule is CCOC(=O)[C@H]1CCC[NH+](CN2C(=O)N[C@](C)(c3ccc4c(c3)CCC4)C2=O)C1. The second kappa shape index (κ2) is 7.78. The van der Waals surface area contributed by atoms with Crippen molar-refractivity contribution in [1.82, 2.24) is 10.2 Å². The van der Waals surface area contributed by atoms with Crippen LogP contribution in [0.1, 0.15) is 49.8 Å². The van der Waals surface area contributed by atoms with Gasteiger partial charge in [0.15, 0.2) is 6.67 Å². The number of likely N-dealkylation sites (tertiary alicyclic amines) is 1. The van der Waals surface area contributed by atoms with Crippen molar-refractivity contribution >= 4 is 17.9 Å². The fraction of sp³-hybridized carbons (Fsp3) is 0.591. The van der Waals surface area contributed by atoms with E-state index in [9.17, 15) is 14.4 Å². The van der Waals surface area contributed by atoms with Crippen LogP contribution in [0.25, 0.3) is 0 Å². The second-order valence-corrected chi connectivity index (χ2v) is 8.58. The number of urea groups is 1. The number of hydrogen-bond donors (Lipinski definition) is 2. The van der Waals surface area contributed by atoms with Gasteiger partial charge in [0.2, 0.25) is 0 Å². The minimum Gasteiger partial charge on any atom is -0.466 e. The number of piperidine rings is 1. The molecular weight excluding hydrogens is 370 g/mol. The average molecular weight is 400 g/mol. The molecule has 2 fully saturated rings. The number of benzene rings is 1. The van der Waals surface area contributed by atoms with E-state index < -0.39 is 5.54 Å². The van der Waals surface area contributed by atoms with Crippen molar-refractivity contribution < 1.29 is 24.0 Å². The van der Waals surface area contributed by atoms with E-state index in [1.165, 1.54) is 16.0 Å². The van der Waals surface area contributed by atoms with E-state index in [1.807, 2.05) is 6.07 Å². The molecule has 7 nitrogen and oxygen atoms in total. The van der Waals surface area contributed by atoms with E-state index >= 15 is 0 Å². The Morgan fingerprint density at radius 3 is 2.86 bits per heavy atom. The number of aryl methyl sites for hydroxylation is 2. The van der Waals surface area contributed by atoms with E-state index in [4.69, 9.17) is 4.74 Å². The third-order valence-electron chi connectivity index (χ3n) is 6.57. The van der Waals surface area contributed by atoms with Crippen molar-refractivity contribution in [1.29, 1.82) is 0 Å². The van der Waals surface area contributed by atoms with Crippen molar-refractivity contribution in [3.05, 3.63) is 34.9 Å². The Bertz CT molecular complexity index is 839. The number of esters is 1. The maximum atomic E-state index is 13.3. The highest BCUT2D eigenvalue weighted by Gasteiger charge is 2.50. The third kappa shape index (κ3) is 3.64. The molecule has 0 spiro atoms.